The minimum absolute atomic E-state index is 0.103. The van der Waals surface area contributed by atoms with Gasteiger partial charge in [-0.15, -0.1) is 5.10 Å². The number of aromatic nitrogens is 5. The second-order valence-corrected chi connectivity index (χ2v) is 11.5. The summed E-state index contributed by atoms with van der Waals surface area (Å²) in [5.74, 6) is 0.374. The lowest BCUT2D eigenvalue weighted by Crippen LogP contribution is -2.47. The lowest BCUT2D eigenvalue weighted by molar-refractivity contribution is 0.0340. The molecule has 1 spiro atoms. The number of pyridine rings is 1. The highest BCUT2D eigenvalue weighted by atomic mass is 19.1. The highest BCUT2D eigenvalue weighted by Gasteiger charge is 2.41. The van der Waals surface area contributed by atoms with Crippen LogP contribution in [0.5, 0.6) is 0 Å². The van der Waals surface area contributed by atoms with Crippen LogP contribution in [0.25, 0.3) is 10.9 Å². The van der Waals surface area contributed by atoms with Crippen molar-refractivity contribution in [3.8, 4) is 0 Å². The zero-order valence-corrected chi connectivity index (χ0v) is 22.2. The van der Waals surface area contributed by atoms with Crippen molar-refractivity contribution in [1.29, 1.82) is 0 Å². The largest absolute Gasteiger partial charge is 0.321 e. The van der Waals surface area contributed by atoms with E-state index in [1.54, 1.807) is 16.8 Å². The topological polar surface area (TPSA) is 79.7 Å². The summed E-state index contributed by atoms with van der Waals surface area (Å²) in [5, 5.41) is 13.9. The van der Waals surface area contributed by atoms with E-state index in [1.165, 1.54) is 50.7 Å². The molecule has 6 rings (SSSR count). The lowest BCUT2D eigenvalue weighted by Gasteiger charge is -2.47. The molecule has 0 bridgehead atoms. The molecule has 1 aliphatic heterocycles. The highest BCUT2D eigenvalue weighted by molar-refractivity contribution is 5.83. The third-order valence-electron chi connectivity index (χ3n) is 8.64. The number of nitrogens with zero attached hydrogens (tertiary/aromatic N) is 5. The second kappa shape index (κ2) is 10.1. The van der Waals surface area contributed by atoms with Gasteiger partial charge in [-0.05, 0) is 103 Å². The maximum Gasteiger partial charge on any atom is 0.253 e. The molecule has 2 aromatic heterocycles. The van der Waals surface area contributed by atoms with Gasteiger partial charge < -0.3 is 4.98 Å². The van der Waals surface area contributed by atoms with Gasteiger partial charge in [0.1, 0.15) is 11.9 Å². The average molecular weight is 515 g/mol. The summed E-state index contributed by atoms with van der Waals surface area (Å²) in [5.41, 5.74) is 4.85. The summed E-state index contributed by atoms with van der Waals surface area (Å²) in [6, 6.07) is 12.3. The van der Waals surface area contributed by atoms with Crippen LogP contribution >= 0.6 is 0 Å². The third kappa shape index (κ3) is 4.77. The maximum absolute atomic E-state index is 13.7. The molecular formula is C30H35FN6O. The summed E-state index contributed by atoms with van der Waals surface area (Å²) < 4.78 is 15.3. The van der Waals surface area contributed by atoms with Crippen molar-refractivity contribution in [3.05, 3.63) is 86.7 Å². The summed E-state index contributed by atoms with van der Waals surface area (Å²) in [7, 11) is 0. The molecule has 1 aliphatic carbocycles. The van der Waals surface area contributed by atoms with Crippen molar-refractivity contribution in [3.63, 3.8) is 0 Å². The Balaban J connectivity index is 1.47. The van der Waals surface area contributed by atoms with Gasteiger partial charge in [-0.3, -0.25) is 9.69 Å². The van der Waals surface area contributed by atoms with Gasteiger partial charge in [0.2, 0.25) is 0 Å². The molecule has 0 amide bonds. The number of tetrazole rings is 1. The number of aryl methyl sites for hydroxylation is 2. The lowest BCUT2D eigenvalue weighted by atomic mass is 9.69. The first-order valence-electron chi connectivity index (χ1n) is 13.8. The molecule has 2 aromatic carbocycles. The van der Waals surface area contributed by atoms with E-state index in [9.17, 15) is 9.18 Å². The molecule has 1 atom stereocenters. The Kier molecular flexibility index (Phi) is 6.60. The molecule has 2 aliphatic rings. The van der Waals surface area contributed by atoms with E-state index in [1.807, 2.05) is 13.0 Å². The molecule has 3 heterocycles. The first kappa shape index (κ1) is 24.9. The molecule has 1 saturated carbocycles. The predicted molar refractivity (Wildman–Crippen MR) is 146 cm³/mol. The number of rotatable bonds is 5. The maximum atomic E-state index is 13.7. The van der Waals surface area contributed by atoms with Gasteiger partial charge in [0.05, 0.1) is 12.1 Å². The van der Waals surface area contributed by atoms with Gasteiger partial charge in [-0.25, -0.2) is 9.07 Å². The van der Waals surface area contributed by atoms with Gasteiger partial charge >= 0.3 is 0 Å². The normalized spacial score (nSPS) is 18.7. The molecule has 1 saturated heterocycles. The van der Waals surface area contributed by atoms with Gasteiger partial charge in [-0.2, -0.15) is 0 Å². The van der Waals surface area contributed by atoms with E-state index in [0.29, 0.717) is 23.3 Å². The second-order valence-electron chi connectivity index (χ2n) is 11.5. The fourth-order valence-electron chi connectivity index (χ4n) is 6.87. The van der Waals surface area contributed by atoms with E-state index < -0.39 is 0 Å². The van der Waals surface area contributed by atoms with Crippen LogP contribution in [0.15, 0.2) is 47.3 Å². The molecule has 4 aromatic rings. The fraction of sp³-hybridized carbons (Fsp3) is 0.467. The van der Waals surface area contributed by atoms with E-state index in [4.69, 9.17) is 0 Å². The van der Waals surface area contributed by atoms with E-state index in [0.717, 1.165) is 47.1 Å². The van der Waals surface area contributed by atoms with Crippen LogP contribution in [0.4, 0.5) is 4.39 Å². The Bertz CT molecular complexity index is 1500. The Morgan fingerprint density at radius 2 is 1.79 bits per heavy atom. The van der Waals surface area contributed by atoms with Crippen molar-refractivity contribution in [2.75, 3.05) is 13.1 Å². The van der Waals surface area contributed by atoms with Crippen LogP contribution < -0.4 is 5.56 Å². The van der Waals surface area contributed by atoms with E-state index in [-0.39, 0.29) is 17.4 Å². The van der Waals surface area contributed by atoms with Crippen molar-refractivity contribution in [1.82, 2.24) is 30.1 Å². The number of aromatic amines is 1. The first-order valence-corrected chi connectivity index (χ1v) is 13.8. The fourth-order valence-corrected chi connectivity index (χ4v) is 6.87. The molecule has 0 radical (unpaired) electrons. The van der Waals surface area contributed by atoms with E-state index in [2.05, 4.69) is 44.5 Å². The zero-order chi connectivity index (χ0) is 26.3. The Morgan fingerprint density at radius 1 is 1.03 bits per heavy atom. The number of hydrogen-bond donors (Lipinski definition) is 1. The Morgan fingerprint density at radius 3 is 2.58 bits per heavy atom. The SMILES string of the molecule is Cc1cc(C)c2[nH]c(=O)c(C(c3nnnn3Cc3ccc(F)cc3)N3CCCC4(CCCCC4)C3)cc2c1. The minimum Gasteiger partial charge on any atom is -0.321 e. The highest BCUT2D eigenvalue weighted by Crippen LogP contribution is 2.45. The summed E-state index contributed by atoms with van der Waals surface area (Å²) >= 11 is 0. The smallest absolute Gasteiger partial charge is 0.253 e. The molecule has 7 nitrogen and oxygen atoms in total. The van der Waals surface area contributed by atoms with Crippen LogP contribution in [0, 0.1) is 25.1 Å². The van der Waals surface area contributed by atoms with Crippen LogP contribution in [0.3, 0.4) is 0 Å². The quantitative estimate of drug-likeness (QED) is 0.383. The number of hydrogen-bond acceptors (Lipinski definition) is 5. The number of H-pyrrole nitrogens is 1. The van der Waals surface area contributed by atoms with Crippen LogP contribution in [0.1, 0.15) is 79.1 Å². The predicted octanol–water partition coefficient (Wildman–Crippen LogP) is 5.45. The molecule has 2 fully saturated rings. The molecule has 198 valence electrons. The monoisotopic (exact) mass is 514 g/mol. The summed E-state index contributed by atoms with van der Waals surface area (Å²) in [6.45, 7) is 6.34. The minimum atomic E-state index is -0.376. The van der Waals surface area contributed by atoms with Crippen molar-refractivity contribution in [2.45, 2.75) is 71.4 Å². The number of piperidine rings is 1. The number of benzene rings is 2. The van der Waals surface area contributed by atoms with Crippen molar-refractivity contribution in [2.24, 2.45) is 5.41 Å². The van der Waals surface area contributed by atoms with Crippen molar-refractivity contribution >= 4 is 10.9 Å². The van der Waals surface area contributed by atoms with Gasteiger partial charge in [-0.1, -0.05) is 43.0 Å². The number of halogens is 1. The zero-order valence-electron chi connectivity index (χ0n) is 22.2. The third-order valence-corrected chi connectivity index (χ3v) is 8.64. The number of nitrogens with one attached hydrogen (secondary N) is 1. The molecular weight excluding hydrogens is 479 g/mol. The summed E-state index contributed by atoms with van der Waals surface area (Å²) in [4.78, 5) is 19.3. The molecule has 38 heavy (non-hydrogen) atoms. The van der Waals surface area contributed by atoms with Crippen LogP contribution in [-0.4, -0.2) is 43.2 Å². The van der Waals surface area contributed by atoms with Gasteiger partial charge in [0.15, 0.2) is 5.82 Å². The molecule has 8 heteroatoms. The molecule has 1 N–H and O–H groups in total. The molecule has 1 unspecified atom stereocenters. The number of fused-ring (bicyclic) bond motifs is 1. The van der Waals surface area contributed by atoms with E-state index >= 15 is 0 Å². The average Bonchev–Trinajstić information content (AvgIpc) is 3.34. The van der Waals surface area contributed by atoms with Crippen LogP contribution in [0.2, 0.25) is 0 Å². The van der Waals surface area contributed by atoms with Gasteiger partial charge in [0.25, 0.3) is 5.56 Å². The number of likely N-dealkylation sites (tertiary alicyclic amines) is 1. The van der Waals surface area contributed by atoms with Gasteiger partial charge in [0, 0.05) is 12.1 Å². The van der Waals surface area contributed by atoms with Crippen molar-refractivity contribution < 1.29 is 4.39 Å². The summed E-state index contributed by atoms with van der Waals surface area (Å²) in [6.07, 6.45) is 8.67. The van der Waals surface area contributed by atoms with Crippen LogP contribution in [-0.2, 0) is 6.54 Å². The first-order chi connectivity index (χ1) is 18.4. The Labute approximate surface area is 222 Å². The Hall–Kier alpha value is -3.39. The standard InChI is InChI=1S/C30H35FN6O/c1-20-15-21(2)26-23(16-20)17-25(29(38)32-26)27(36-14-6-13-30(19-36)11-4-3-5-12-30)28-33-34-35-37(28)18-22-7-9-24(31)10-8-22/h7-10,15-17,27H,3-6,11-14,18-19H2,1-2H3,(H,32,38).